The van der Waals surface area contributed by atoms with E-state index in [0.717, 1.165) is 51.4 Å². The maximum atomic E-state index is 12.0. The molecule has 7 N–H and O–H groups in total. The monoisotopic (exact) mass is 768 g/mol. The van der Waals surface area contributed by atoms with Gasteiger partial charge in [0, 0.05) is 13.0 Å². The van der Waals surface area contributed by atoms with Crippen LogP contribution < -0.4 is 0 Å². The predicted molar refractivity (Wildman–Crippen MR) is 201 cm³/mol. The molecule has 2 heterocycles. The third-order valence-corrected chi connectivity index (χ3v) is 8.53. The van der Waals surface area contributed by atoms with Crippen LogP contribution in [-0.4, -0.2) is 142 Å². The minimum absolute atomic E-state index is 0.00708. The maximum absolute atomic E-state index is 12.0. The van der Waals surface area contributed by atoms with Gasteiger partial charge in [-0.05, 0) is 51.4 Å². The molecule has 2 aliphatic heterocycles. The van der Waals surface area contributed by atoms with Gasteiger partial charge in [-0.3, -0.25) is 4.79 Å². The van der Waals surface area contributed by atoms with E-state index >= 15 is 0 Å². The van der Waals surface area contributed by atoms with Crippen LogP contribution in [0.3, 0.4) is 0 Å². The molecule has 54 heavy (non-hydrogen) atoms. The summed E-state index contributed by atoms with van der Waals surface area (Å²) in [5.41, 5.74) is 0. The summed E-state index contributed by atoms with van der Waals surface area (Å²) in [7, 11) is 0. The molecule has 0 bridgehead atoms. The topological polar surface area (TPSA) is 214 Å². The summed E-state index contributed by atoms with van der Waals surface area (Å²) in [4.78, 5) is 12.0. The first-order valence-electron chi connectivity index (χ1n) is 19.0. The average Bonchev–Trinajstić information content (AvgIpc) is 3.17. The predicted octanol–water partition coefficient (Wildman–Crippen LogP) is 2.44. The van der Waals surface area contributed by atoms with E-state index in [1.54, 1.807) is 6.92 Å². The van der Waals surface area contributed by atoms with Gasteiger partial charge in [0.05, 0.1) is 26.4 Å². The largest absolute Gasteiger partial charge is 0.457 e. The van der Waals surface area contributed by atoms with Crippen LogP contribution in [-0.2, 0) is 33.2 Å². The van der Waals surface area contributed by atoms with Gasteiger partial charge in [0.25, 0.3) is 0 Å². The zero-order valence-corrected chi connectivity index (χ0v) is 31.7. The molecule has 11 unspecified atom stereocenters. The molecule has 2 saturated heterocycles. The highest BCUT2D eigenvalue weighted by molar-refractivity contribution is 5.69. The van der Waals surface area contributed by atoms with E-state index in [0.29, 0.717) is 6.61 Å². The van der Waals surface area contributed by atoms with E-state index in [2.05, 4.69) is 79.8 Å². The molecule has 308 valence electrons. The number of hydrogen-bond donors (Lipinski definition) is 7. The van der Waals surface area contributed by atoms with Crippen molar-refractivity contribution >= 4 is 5.97 Å². The Morgan fingerprint density at radius 3 is 1.61 bits per heavy atom. The fraction of sp³-hybridized carbons (Fsp3) is 0.675. The Balaban J connectivity index is 1.68. The van der Waals surface area contributed by atoms with Gasteiger partial charge in [0.1, 0.15) is 54.9 Å². The summed E-state index contributed by atoms with van der Waals surface area (Å²) < 4.78 is 33.2. The van der Waals surface area contributed by atoms with E-state index in [1.807, 2.05) is 0 Å². The van der Waals surface area contributed by atoms with Crippen LogP contribution in [0.1, 0.15) is 71.6 Å². The van der Waals surface area contributed by atoms with Crippen molar-refractivity contribution in [2.75, 3.05) is 33.0 Å². The molecule has 0 aromatic rings. The number of unbranched alkanes of at least 4 members (excludes halogenated alkanes) is 1. The molecule has 0 amide bonds. The van der Waals surface area contributed by atoms with Crippen molar-refractivity contribution in [1.82, 2.24) is 0 Å². The molecule has 0 aromatic heterocycles. The van der Waals surface area contributed by atoms with Crippen molar-refractivity contribution in [3.05, 3.63) is 72.9 Å². The van der Waals surface area contributed by atoms with Gasteiger partial charge in [0.15, 0.2) is 12.6 Å². The van der Waals surface area contributed by atoms with Gasteiger partial charge in [-0.2, -0.15) is 0 Å². The van der Waals surface area contributed by atoms with Crippen LogP contribution >= 0.6 is 0 Å². The zero-order chi connectivity index (χ0) is 39.6. The van der Waals surface area contributed by atoms with E-state index in [4.69, 9.17) is 28.4 Å². The van der Waals surface area contributed by atoms with Crippen LogP contribution in [0.15, 0.2) is 72.9 Å². The molecule has 0 aliphatic carbocycles. The number of ether oxygens (including phenoxy) is 6. The van der Waals surface area contributed by atoms with Crippen LogP contribution in [0.2, 0.25) is 0 Å². The fourth-order valence-electron chi connectivity index (χ4n) is 5.33. The molecule has 14 heteroatoms. The molecule has 0 aromatic carbocycles. The lowest BCUT2D eigenvalue weighted by Crippen LogP contribution is -2.61. The molecule has 0 radical (unpaired) electrons. The lowest BCUT2D eigenvalue weighted by Gasteiger charge is -2.42. The van der Waals surface area contributed by atoms with Crippen molar-refractivity contribution in [3.63, 3.8) is 0 Å². The van der Waals surface area contributed by atoms with Gasteiger partial charge < -0.3 is 64.2 Å². The van der Waals surface area contributed by atoms with Crippen LogP contribution in [0.25, 0.3) is 0 Å². The molecule has 0 spiro atoms. The zero-order valence-electron chi connectivity index (χ0n) is 31.7. The first-order chi connectivity index (χ1) is 26.1. The van der Waals surface area contributed by atoms with Crippen molar-refractivity contribution in [2.24, 2.45) is 0 Å². The number of esters is 1. The fourth-order valence-corrected chi connectivity index (χ4v) is 5.33. The Morgan fingerprint density at radius 2 is 1.09 bits per heavy atom. The highest BCUT2D eigenvalue weighted by Gasteiger charge is 2.47. The second kappa shape index (κ2) is 28.8. The third kappa shape index (κ3) is 18.4. The highest BCUT2D eigenvalue weighted by Crippen LogP contribution is 2.26. The van der Waals surface area contributed by atoms with Gasteiger partial charge in [-0.1, -0.05) is 86.8 Å². The summed E-state index contributed by atoms with van der Waals surface area (Å²) in [6.07, 6.45) is 16.9. The smallest absolute Gasteiger partial charge is 0.305 e. The second-order valence-electron chi connectivity index (χ2n) is 13.0. The van der Waals surface area contributed by atoms with E-state index in [9.17, 15) is 40.5 Å². The lowest BCUT2D eigenvalue weighted by molar-refractivity contribution is -0.332. The highest BCUT2D eigenvalue weighted by atomic mass is 16.7. The summed E-state index contributed by atoms with van der Waals surface area (Å²) in [6, 6.07) is 0. The van der Waals surface area contributed by atoms with Crippen molar-refractivity contribution < 1.29 is 69.0 Å². The van der Waals surface area contributed by atoms with E-state index in [-0.39, 0.29) is 19.6 Å². The molecule has 2 aliphatic rings. The Bertz CT molecular complexity index is 1170. The first kappa shape index (κ1) is 47.6. The molecule has 14 nitrogen and oxygen atoms in total. The molecule has 0 saturated carbocycles. The van der Waals surface area contributed by atoms with Crippen molar-refractivity contribution in [2.45, 2.75) is 139 Å². The minimum Gasteiger partial charge on any atom is -0.457 e. The van der Waals surface area contributed by atoms with Crippen molar-refractivity contribution in [1.29, 1.82) is 0 Å². The van der Waals surface area contributed by atoms with Crippen LogP contribution in [0, 0.1) is 0 Å². The normalized spacial score (nSPS) is 30.2. The Morgan fingerprint density at radius 1 is 0.611 bits per heavy atom. The van der Waals surface area contributed by atoms with Gasteiger partial charge in [-0.25, -0.2) is 0 Å². The van der Waals surface area contributed by atoms with E-state index < -0.39 is 86.7 Å². The number of carbonyl (C=O) groups is 1. The molecule has 2 fully saturated rings. The summed E-state index contributed by atoms with van der Waals surface area (Å²) in [5.74, 6) is -0.489. The third-order valence-electron chi connectivity index (χ3n) is 8.53. The lowest BCUT2D eigenvalue weighted by atomic mass is 9.98. The Hall–Kier alpha value is -2.57. The standard InChI is InChI=1S/C40H64O14/c1-3-5-6-7-8-9-10-11-12-13-14-15-16-17-18-19-20-21-22-23-24-49-26-29(52-32(42)4-2)27-50-39-38(48)36(46)34(44)31(54-39)28-51-40-37(47)35(45)33(43)30(25-41)53-40/h5-6,8-9,11-12,14-15,17-18,20-21,29-31,33-41,43-48H,3-4,7,10,13,16,19,22-28H2,1-2H3/b6-5-,9-8-,12-11-,15-14-,18-17-,21-20-. The minimum atomic E-state index is -1.71. The van der Waals surface area contributed by atoms with Gasteiger partial charge >= 0.3 is 5.97 Å². The Labute approximate surface area is 319 Å². The molecular weight excluding hydrogens is 704 g/mol. The van der Waals surface area contributed by atoms with Gasteiger partial charge in [-0.15, -0.1) is 0 Å². The number of hydrogen-bond acceptors (Lipinski definition) is 14. The first-order valence-corrected chi connectivity index (χ1v) is 19.0. The van der Waals surface area contributed by atoms with E-state index in [1.165, 1.54) is 0 Å². The van der Waals surface area contributed by atoms with Gasteiger partial charge in [0.2, 0.25) is 0 Å². The molecule has 11 atom stereocenters. The second-order valence-corrected chi connectivity index (χ2v) is 13.0. The number of aliphatic hydroxyl groups is 7. The average molecular weight is 769 g/mol. The number of rotatable bonds is 26. The van der Waals surface area contributed by atoms with Crippen LogP contribution in [0.5, 0.6) is 0 Å². The quantitative estimate of drug-likeness (QED) is 0.0383. The number of aliphatic hydroxyl groups excluding tert-OH is 7. The number of allylic oxidation sites excluding steroid dienone is 12. The molecule has 2 rings (SSSR count). The summed E-state index contributed by atoms with van der Waals surface area (Å²) in [6.45, 7) is 2.76. The molecular formula is C40H64O14. The number of carbonyl (C=O) groups excluding carboxylic acids is 1. The summed E-state index contributed by atoms with van der Waals surface area (Å²) in [5, 5.41) is 71.0. The SMILES string of the molecule is CC/C=C\C/C=C\C/C=C\C/C=C\C/C=C\C/C=C\CCCOCC(COC1OC(COC2OC(CO)C(O)C(O)C2O)C(O)C(O)C1O)OC(=O)CC. The maximum Gasteiger partial charge on any atom is 0.305 e. The summed E-state index contributed by atoms with van der Waals surface area (Å²) >= 11 is 0. The Kier molecular flexibility index (Phi) is 25.4. The van der Waals surface area contributed by atoms with Crippen LogP contribution in [0.4, 0.5) is 0 Å². The van der Waals surface area contributed by atoms with Crippen molar-refractivity contribution in [3.8, 4) is 0 Å².